The topological polar surface area (TPSA) is 67.6 Å². The number of aromatic nitrogens is 2. The van der Waals surface area contributed by atoms with Crippen LogP contribution in [-0.2, 0) is 4.74 Å². The van der Waals surface area contributed by atoms with Gasteiger partial charge in [-0.2, -0.15) is 5.10 Å². The SMILES string of the molecule is CCC(CC)n1ncc(C(=O)N2CC(CO)OCC2C)c1C. The average molecular weight is 309 g/mol. The summed E-state index contributed by atoms with van der Waals surface area (Å²) in [6.45, 7) is 8.99. The zero-order valence-corrected chi connectivity index (χ0v) is 14.0. The molecule has 2 heterocycles. The predicted molar refractivity (Wildman–Crippen MR) is 83.9 cm³/mol. The smallest absolute Gasteiger partial charge is 0.257 e. The molecule has 0 aromatic carbocycles. The summed E-state index contributed by atoms with van der Waals surface area (Å²) in [5.74, 6) is -0.0241. The minimum atomic E-state index is -0.297. The number of carbonyl (C=O) groups is 1. The number of morpholine rings is 1. The fourth-order valence-electron chi connectivity index (χ4n) is 3.00. The van der Waals surface area contributed by atoms with E-state index in [9.17, 15) is 9.90 Å². The van der Waals surface area contributed by atoms with Gasteiger partial charge in [0.05, 0.1) is 43.2 Å². The number of aliphatic hydroxyl groups is 1. The molecule has 2 unspecified atom stereocenters. The Kier molecular flexibility index (Phi) is 5.58. The molecule has 1 aromatic rings. The van der Waals surface area contributed by atoms with Crippen molar-refractivity contribution in [3.05, 3.63) is 17.5 Å². The minimum Gasteiger partial charge on any atom is -0.394 e. The van der Waals surface area contributed by atoms with Crippen molar-refractivity contribution in [2.24, 2.45) is 0 Å². The van der Waals surface area contributed by atoms with Gasteiger partial charge in [-0.15, -0.1) is 0 Å². The molecule has 1 fully saturated rings. The first kappa shape index (κ1) is 17.0. The average Bonchev–Trinajstić information content (AvgIpc) is 2.90. The van der Waals surface area contributed by atoms with Crippen molar-refractivity contribution in [3.8, 4) is 0 Å². The molecule has 22 heavy (non-hydrogen) atoms. The molecule has 2 atom stereocenters. The first-order valence-corrected chi connectivity index (χ1v) is 8.10. The van der Waals surface area contributed by atoms with Crippen LogP contribution < -0.4 is 0 Å². The quantitative estimate of drug-likeness (QED) is 0.900. The van der Waals surface area contributed by atoms with Gasteiger partial charge in [0.15, 0.2) is 0 Å². The molecule has 124 valence electrons. The van der Waals surface area contributed by atoms with Crippen LogP contribution in [-0.4, -0.2) is 57.6 Å². The highest BCUT2D eigenvalue weighted by Crippen LogP contribution is 2.22. The van der Waals surface area contributed by atoms with Gasteiger partial charge >= 0.3 is 0 Å². The lowest BCUT2D eigenvalue weighted by Gasteiger charge is -2.37. The summed E-state index contributed by atoms with van der Waals surface area (Å²) in [7, 11) is 0. The van der Waals surface area contributed by atoms with Crippen LogP contribution in [0, 0.1) is 6.92 Å². The molecule has 1 aliphatic rings. The summed E-state index contributed by atoms with van der Waals surface area (Å²) in [5, 5.41) is 13.7. The van der Waals surface area contributed by atoms with E-state index in [0.717, 1.165) is 18.5 Å². The monoisotopic (exact) mass is 309 g/mol. The van der Waals surface area contributed by atoms with Crippen LogP contribution in [0.25, 0.3) is 0 Å². The predicted octanol–water partition coefficient (Wildman–Crippen LogP) is 1.77. The molecule has 1 amide bonds. The second-order valence-corrected chi connectivity index (χ2v) is 6.00. The maximum Gasteiger partial charge on any atom is 0.257 e. The maximum absolute atomic E-state index is 12.8. The Balaban J connectivity index is 2.22. The molecule has 6 nitrogen and oxygen atoms in total. The third-order valence-corrected chi connectivity index (χ3v) is 4.53. The van der Waals surface area contributed by atoms with Gasteiger partial charge in [0.2, 0.25) is 0 Å². The lowest BCUT2D eigenvalue weighted by molar-refractivity contribution is -0.0667. The fraction of sp³-hybridized carbons (Fsp3) is 0.750. The van der Waals surface area contributed by atoms with E-state index in [1.54, 1.807) is 11.1 Å². The van der Waals surface area contributed by atoms with E-state index in [-0.39, 0.29) is 24.7 Å². The number of nitrogens with zero attached hydrogens (tertiary/aromatic N) is 3. The first-order chi connectivity index (χ1) is 10.5. The highest BCUT2D eigenvalue weighted by molar-refractivity contribution is 5.95. The van der Waals surface area contributed by atoms with Crippen molar-refractivity contribution in [1.82, 2.24) is 14.7 Å². The van der Waals surface area contributed by atoms with Crippen molar-refractivity contribution < 1.29 is 14.6 Å². The largest absolute Gasteiger partial charge is 0.394 e. The number of hydrogen-bond donors (Lipinski definition) is 1. The number of carbonyl (C=O) groups excluding carboxylic acids is 1. The maximum atomic E-state index is 12.8. The van der Waals surface area contributed by atoms with Gasteiger partial charge in [-0.05, 0) is 26.7 Å². The van der Waals surface area contributed by atoms with Crippen LogP contribution in [0.2, 0.25) is 0 Å². The number of amides is 1. The second kappa shape index (κ2) is 7.24. The third-order valence-electron chi connectivity index (χ3n) is 4.53. The van der Waals surface area contributed by atoms with E-state index in [1.807, 2.05) is 18.5 Å². The van der Waals surface area contributed by atoms with Gasteiger partial charge in [0.25, 0.3) is 5.91 Å². The Morgan fingerprint density at radius 1 is 1.50 bits per heavy atom. The Morgan fingerprint density at radius 3 is 2.77 bits per heavy atom. The van der Waals surface area contributed by atoms with E-state index >= 15 is 0 Å². The summed E-state index contributed by atoms with van der Waals surface area (Å²) in [5.41, 5.74) is 1.57. The molecule has 0 bridgehead atoms. The highest BCUT2D eigenvalue weighted by Gasteiger charge is 2.31. The van der Waals surface area contributed by atoms with Crippen LogP contribution in [0.1, 0.15) is 55.7 Å². The van der Waals surface area contributed by atoms with E-state index < -0.39 is 0 Å². The molecule has 0 spiro atoms. The number of aliphatic hydroxyl groups excluding tert-OH is 1. The summed E-state index contributed by atoms with van der Waals surface area (Å²) in [6, 6.07) is 0.333. The molecule has 0 aliphatic carbocycles. The molecule has 1 aliphatic heterocycles. The van der Waals surface area contributed by atoms with E-state index in [0.29, 0.717) is 24.8 Å². The Bertz CT molecular complexity index is 511. The molecule has 6 heteroatoms. The number of ether oxygens (including phenoxy) is 1. The van der Waals surface area contributed by atoms with Crippen LogP contribution >= 0.6 is 0 Å². The Labute approximate surface area is 132 Å². The Morgan fingerprint density at radius 2 is 2.18 bits per heavy atom. The van der Waals surface area contributed by atoms with Crippen LogP contribution in [0.15, 0.2) is 6.20 Å². The third kappa shape index (κ3) is 3.17. The van der Waals surface area contributed by atoms with Gasteiger partial charge in [-0.25, -0.2) is 0 Å². The summed E-state index contributed by atoms with van der Waals surface area (Å²) < 4.78 is 7.46. The van der Waals surface area contributed by atoms with E-state index in [4.69, 9.17) is 4.74 Å². The number of rotatable bonds is 5. The van der Waals surface area contributed by atoms with Crippen molar-refractivity contribution in [2.75, 3.05) is 19.8 Å². The lowest BCUT2D eigenvalue weighted by atomic mass is 10.1. The molecule has 0 radical (unpaired) electrons. The second-order valence-electron chi connectivity index (χ2n) is 6.00. The highest BCUT2D eigenvalue weighted by atomic mass is 16.5. The lowest BCUT2D eigenvalue weighted by Crippen LogP contribution is -2.52. The van der Waals surface area contributed by atoms with Gasteiger partial charge in [-0.3, -0.25) is 9.48 Å². The van der Waals surface area contributed by atoms with Crippen molar-refractivity contribution in [2.45, 2.75) is 58.7 Å². The standard InChI is InChI=1S/C16H27N3O3/c1-5-13(6-2)19-12(4)15(7-17-19)16(21)18-8-14(9-20)22-10-11(18)3/h7,11,13-14,20H,5-6,8-10H2,1-4H3. The molecule has 2 rings (SSSR count). The Hall–Kier alpha value is -1.40. The van der Waals surface area contributed by atoms with E-state index in [1.165, 1.54) is 0 Å². The van der Waals surface area contributed by atoms with Gasteiger partial charge in [0, 0.05) is 12.2 Å². The first-order valence-electron chi connectivity index (χ1n) is 8.10. The minimum absolute atomic E-state index is 0.00574. The van der Waals surface area contributed by atoms with Crippen LogP contribution in [0.4, 0.5) is 0 Å². The van der Waals surface area contributed by atoms with Crippen molar-refractivity contribution in [3.63, 3.8) is 0 Å². The van der Waals surface area contributed by atoms with E-state index in [2.05, 4.69) is 18.9 Å². The molecule has 0 saturated carbocycles. The summed E-state index contributed by atoms with van der Waals surface area (Å²) in [6.07, 6.45) is 3.36. The van der Waals surface area contributed by atoms with Crippen molar-refractivity contribution in [1.29, 1.82) is 0 Å². The zero-order chi connectivity index (χ0) is 16.3. The molecular weight excluding hydrogens is 282 g/mol. The van der Waals surface area contributed by atoms with Gasteiger partial charge < -0.3 is 14.7 Å². The summed E-state index contributed by atoms with van der Waals surface area (Å²) >= 11 is 0. The van der Waals surface area contributed by atoms with Crippen LogP contribution in [0.5, 0.6) is 0 Å². The normalized spacial score (nSPS) is 22.4. The van der Waals surface area contributed by atoms with Gasteiger partial charge in [0.1, 0.15) is 0 Å². The van der Waals surface area contributed by atoms with Gasteiger partial charge in [-0.1, -0.05) is 13.8 Å². The number of hydrogen-bond acceptors (Lipinski definition) is 4. The summed E-state index contributed by atoms with van der Waals surface area (Å²) in [4.78, 5) is 14.6. The fourth-order valence-corrected chi connectivity index (χ4v) is 3.00. The van der Waals surface area contributed by atoms with Crippen molar-refractivity contribution >= 4 is 5.91 Å². The molecule has 1 saturated heterocycles. The molecule has 1 N–H and O–H groups in total. The van der Waals surface area contributed by atoms with Crippen LogP contribution in [0.3, 0.4) is 0 Å². The molecular formula is C16H27N3O3. The molecule has 1 aromatic heterocycles. The zero-order valence-electron chi connectivity index (χ0n) is 14.0.